The largest absolute Gasteiger partial charge is 0.455 e. The highest BCUT2D eigenvalue weighted by Crippen LogP contribution is 2.47. The van der Waals surface area contributed by atoms with Crippen molar-refractivity contribution in [3.63, 3.8) is 0 Å². The number of nitrogens with zero attached hydrogens (tertiary/aromatic N) is 9. The molecule has 0 spiro atoms. The van der Waals surface area contributed by atoms with Crippen LogP contribution in [-0.4, -0.2) is 58.3 Å². The average molecular weight is 1550 g/mol. The molecule has 14 heteroatoms. The van der Waals surface area contributed by atoms with Crippen molar-refractivity contribution < 1.29 is 8.83 Å². The van der Waals surface area contributed by atoms with Crippen molar-refractivity contribution in [3.05, 3.63) is 381 Å². The van der Waals surface area contributed by atoms with Gasteiger partial charge in [-0.1, -0.05) is 259 Å². The van der Waals surface area contributed by atoms with E-state index in [0.29, 0.717) is 34.9 Å². The van der Waals surface area contributed by atoms with E-state index in [9.17, 15) is 0 Å². The maximum absolute atomic E-state index is 7.12. The number of rotatable bonds is 9. The van der Waals surface area contributed by atoms with Crippen LogP contribution in [-0.2, 0) is 0 Å². The molecule has 24 aromatic rings. The smallest absolute Gasteiger partial charge is 0.164 e. The van der Waals surface area contributed by atoms with Crippen LogP contribution < -0.4 is 0 Å². The standard InChI is InChI=1S/C51H31N5O.C30H18N2O.C21H14BrN3.BH/c1-4-14-32(15-5-1)49-52-50(33-16-6-2-7-17-33)54-51(53-49)34-24-26-36(27-25-34)56-42-23-13-11-21-40(42)46-44(56)31-29-38-37-28-30-43-45(47(37)57-48(38)46)39-20-10-12-22-41(39)55(43)35-18-8-3-9-19-35;1-2-8-18(9-3-1)32-25-13-7-5-11-22(25)28-26(32)17-15-20-19-14-16-24-27(29(19)33-30(20)28)21-10-4-6-12-23(21)31-24;22-18-13-11-17(12-14-18)21-24-19(15-7-3-1-4-8-15)23-20(25-21)16-9-5-2-6-10-16;/h1-31H;1-17,31H;1-14H;1H/i;;;1D. The highest BCUT2D eigenvalue weighted by atomic mass is 79.9. The summed E-state index contributed by atoms with van der Waals surface area (Å²) in [5.74, 6) is 3.92. The maximum Gasteiger partial charge on any atom is 0.164 e. The van der Waals surface area contributed by atoms with Gasteiger partial charge in [-0.3, -0.25) is 0 Å². The normalized spacial score (nSPS) is 11.6. The zero-order valence-electron chi connectivity index (χ0n) is 63.1. The fraction of sp³-hybridized carbons (Fsp3) is 0. The van der Waals surface area contributed by atoms with E-state index in [4.69, 9.17) is 35.1 Å². The molecule has 0 unspecified atom stereocenters. The highest BCUT2D eigenvalue weighted by Gasteiger charge is 2.25. The first-order valence-electron chi connectivity index (χ1n) is 38.8. The Morgan fingerprint density at radius 1 is 0.224 bits per heavy atom. The Labute approximate surface area is 675 Å². The molecule has 0 aliphatic rings. The van der Waals surface area contributed by atoms with E-state index >= 15 is 0 Å². The molecule has 12 nitrogen and oxygen atoms in total. The van der Waals surface area contributed by atoms with E-state index in [1.54, 1.807) is 0 Å². The molecule has 1 N–H and O–H groups in total. The van der Waals surface area contributed by atoms with Crippen molar-refractivity contribution >= 4 is 155 Å². The van der Waals surface area contributed by atoms with Crippen LogP contribution >= 0.6 is 15.9 Å². The van der Waals surface area contributed by atoms with Crippen LogP contribution in [0.5, 0.6) is 0 Å². The van der Waals surface area contributed by atoms with Crippen LogP contribution in [0.3, 0.4) is 0 Å². The number of hydrogen-bond donors (Lipinski definition) is 1. The molecule has 0 saturated heterocycles. The summed E-state index contributed by atoms with van der Waals surface area (Å²) in [5.41, 5.74) is 21.8. The molecule has 8 aromatic heterocycles. The molecule has 544 valence electrons. The van der Waals surface area contributed by atoms with Crippen molar-refractivity contribution in [2.75, 3.05) is 0 Å². The average Bonchev–Trinajstić information content (AvgIpc) is 1.55. The van der Waals surface area contributed by atoms with Gasteiger partial charge in [0.2, 0.25) is 0 Å². The van der Waals surface area contributed by atoms with Crippen molar-refractivity contribution in [1.29, 1.82) is 1.34 Å². The van der Waals surface area contributed by atoms with Gasteiger partial charge in [-0.05, 0) is 135 Å². The molecule has 0 aliphatic carbocycles. The molecular formula is C102H64BBrN10O2. The van der Waals surface area contributed by atoms with Gasteiger partial charge < -0.3 is 27.5 Å². The third kappa shape index (κ3) is 11.7. The Hall–Kier alpha value is -15.1. The Balaban J connectivity index is 0.000000120. The first-order valence-corrected chi connectivity index (χ1v) is 39.1. The Kier molecular flexibility index (Phi) is 16.7. The lowest BCUT2D eigenvalue weighted by Crippen LogP contribution is -2.00. The second-order valence-electron chi connectivity index (χ2n) is 28.6. The number of fused-ring (bicyclic) bond motifs is 22. The summed E-state index contributed by atoms with van der Waals surface area (Å²) in [7, 11) is 3.75. The predicted molar refractivity (Wildman–Crippen MR) is 480 cm³/mol. The van der Waals surface area contributed by atoms with Crippen molar-refractivity contribution in [2.45, 2.75) is 0 Å². The number of halogens is 1. The quantitative estimate of drug-likeness (QED) is 0.141. The fourth-order valence-corrected chi connectivity index (χ4v) is 17.0. The minimum absolute atomic E-state index is 0.625. The number of H-pyrrole nitrogens is 1. The van der Waals surface area contributed by atoms with Gasteiger partial charge in [0.05, 0.1) is 60.2 Å². The molecule has 16 aromatic carbocycles. The number of hydrogen-bond acceptors (Lipinski definition) is 8. The molecule has 0 fully saturated rings. The number of aromatic nitrogens is 10. The monoisotopic (exact) mass is 1550 g/mol. The minimum atomic E-state index is 0.625. The maximum atomic E-state index is 7.12. The second kappa shape index (κ2) is 28.6. The van der Waals surface area contributed by atoms with E-state index in [1.807, 2.05) is 146 Å². The lowest BCUT2D eigenvalue weighted by molar-refractivity contribution is 0.676. The Morgan fingerprint density at radius 3 is 0.845 bits per heavy atom. The van der Waals surface area contributed by atoms with Crippen LogP contribution in [0.25, 0.3) is 216 Å². The summed E-state index contributed by atoms with van der Waals surface area (Å²) < 4.78 is 27.2. The van der Waals surface area contributed by atoms with Gasteiger partial charge in [-0.2, -0.15) is 0 Å². The van der Waals surface area contributed by atoms with Crippen molar-refractivity contribution in [1.82, 2.24) is 48.6 Å². The number of benzene rings is 16. The third-order valence-electron chi connectivity index (χ3n) is 21.9. The summed E-state index contributed by atoms with van der Waals surface area (Å²) in [5, 5.41) is 13.8. The first kappa shape index (κ1) is 67.8. The molecule has 0 saturated carbocycles. The van der Waals surface area contributed by atoms with Gasteiger partial charge in [0.25, 0.3) is 0 Å². The molecule has 0 amide bonds. The fourth-order valence-electron chi connectivity index (χ4n) is 16.7. The molecular weight excluding hydrogens is 1490 g/mol. The van der Waals surface area contributed by atoms with E-state index in [2.05, 4.69) is 278 Å². The Morgan fingerprint density at radius 2 is 0.491 bits per heavy atom. The van der Waals surface area contributed by atoms with E-state index in [1.165, 1.54) is 21.7 Å². The Bertz CT molecular complexity index is 7780. The summed E-state index contributed by atoms with van der Waals surface area (Å²) in [4.78, 5) is 32.4. The number of furan rings is 2. The number of para-hydroxylation sites is 6. The van der Waals surface area contributed by atoms with Gasteiger partial charge >= 0.3 is 0 Å². The van der Waals surface area contributed by atoms with Gasteiger partial charge in [-0.25, -0.2) is 29.9 Å². The van der Waals surface area contributed by atoms with Crippen LogP contribution in [0.2, 0.25) is 0 Å². The second-order valence-corrected chi connectivity index (χ2v) is 29.5. The molecule has 2 radical (unpaired) electrons. The topological polar surface area (TPSA) is 134 Å². The van der Waals surface area contributed by atoms with Gasteiger partial charge in [-0.15, -0.1) is 0 Å². The molecule has 0 aliphatic heterocycles. The van der Waals surface area contributed by atoms with Crippen LogP contribution in [0.1, 0.15) is 0 Å². The molecule has 0 atom stereocenters. The minimum Gasteiger partial charge on any atom is -0.455 e. The van der Waals surface area contributed by atoms with Crippen LogP contribution in [0.15, 0.2) is 389 Å². The van der Waals surface area contributed by atoms with E-state index in [-0.39, 0.29) is 0 Å². The third-order valence-corrected chi connectivity index (χ3v) is 22.4. The zero-order chi connectivity index (χ0) is 78.0. The predicted octanol–water partition coefficient (Wildman–Crippen LogP) is 26.3. The summed E-state index contributed by atoms with van der Waals surface area (Å²) in [6.45, 7) is 0. The lowest BCUT2D eigenvalue weighted by atomic mass is 10.1. The molecule has 8 heterocycles. The van der Waals surface area contributed by atoms with Crippen molar-refractivity contribution in [2.24, 2.45) is 0 Å². The lowest BCUT2D eigenvalue weighted by Gasteiger charge is -2.10. The number of nitrogens with one attached hydrogen (secondary N) is 1. The molecule has 24 rings (SSSR count). The van der Waals surface area contributed by atoms with Crippen molar-refractivity contribution in [3.8, 4) is 85.4 Å². The van der Waals surface area contributed by atoms with Crippen LogP contribution in [0.4, 0.5) is 0 Å². The van der Waals surface area contributed by atoms with Gasteiger partial charge in [0.1, 0.15) is 22.3 Å². The highest BCUT2D eigenvalue weighted by molar-refractivity contribution is 9.10. The van der Waals surface area contributed by atoms with Gasteiger partial charge in [0, 0.05) is 112 Å². The zero-order valence-corrected chi connectivity index (χ0v) is 63.7. The van der Waals surface area contributed by atoms with E-state index < -0.39 is 0 Å². The van der Waals surface area contributed by atoms with Crippen LogP contribution in [0, 0.1) is 0 Å². The summed E-state index contributed by atoms with van der Waals surface area (Å²) in [6.07, 6.45) is 0. The first-order chi connectivity index (χ1) is 58.0. The van der Waals surface area contributed by atoms with Gasteiger partial charge in [0.15, 0.2) is 34.9 Å². The number of aromatic amines is 1. The molecule has 0 bridgehead atoms. The summed E-state index contributed by atoms with van der Waals surface area (Å²) in [6, 6.07) is 130. The molecule has 116 heavy (non-hydrogen) atoms. The SMILES string of the molecule is Brc1ccc(-c2nc(-c3ccccc3)nc(-c3ccccc3)n2)cc1.[2H][B].c1ccc(-c2nc(-c3ccccc3)nc(-c3ccc(-n4c5ccccc5c5c6oc7c(ccc8c7c7ccccc7n8-c7ccccc7)c6ccc54)cc3)n2)cc1.c1ccc(-n2c3ccccc3c3c4oc5c(ccc6[nH]c7ccccc7c65)c4ccc32)cc1. The van der Waals surface area contributed by atoms with E-state index in [0.717, 1.165) is 164 Å². The summed E-state index contributed by atoms with van der Waals surface area (Å²) >= 11 is 3.47.